The highest BCUT2D eigenvalue weighted by Gasteiger charge is 2.09. The summed E-state index contributed by atoms with van der Waals surface area (Å²) in [6, 6.07) is 2.13. The first-order valence-corrected chi connectivity index (χ1v) is 5.15. The Morgan fingerprint density at radius 1 is 1.54 bits per heavy atom. The van der Waals surface area contributed by atoms with Gasteiger partial charge in [-0.1, -0.05) is 6.92 Å². The maximum atomic E-state index is 4.31. The van der Waals surface area contributed by atoms with Crippen LogP contribution in [0.1, 0.15) is 18.3 Å². The van der Waals surface area contributed by atoms with Crippen molar-refractivity contribution in [3.05, 3.63) is 22.8 Å². The Kier molecular flexibility index (Phi) is 2.14. The first-order valence-electron chi connectivity index (χ1n) is 4.27. The number of nitrogens with zero attached hydrogens (tertiary/aromatic N) is 2. The Hall–Kier alpha value is -1.16. The van der Waals surface area contributed by atoms with Gasteiger partial charge in [-0.15, -0.1) is 11.3 Å². The van der Waals surface area contributed by atoms with Crippen LogP contribution in [0.25, 0.3) is 10.7 Å². The standard InChI is InChI=1S/C9H11N3S/c1-3-7-4-5-13-8(7)9-10-6(2)11-12-9/h4-5H,3H2,1-2H3,(H,10,11,12). The third-order valence-electron chi connectivity index (χ3n) is 1.93. The smallest absolute Gasteiger partial charge is 0.191 e. The minimum Gasteiger partial charge on any atom is -0.263 e. The average molecular weight is 193 g/mol. The third-order valence-corrected chi connectivity index (χ3v) is 2.88. The van der Waals surface area contributed by atoms with Crippen LogP contribution in [0.3, 0.4) is 0 Å². The zero-order valence-electron chi connectivity index (χ0n) is 7.66. The summed E-state index contributed by atoms with van der Waals surface area (Å²) in [4.78, 5) is 5.49. The van der Waals surface area contributed by atoms with Crippen LogP contribution in [-0.4, -0.2) is 15.2 Å². The minimum atomic E-state index is 0.823. The van der Waals surface area contributed by atoms with Gasteiger partial charge in [0.1, 0.15) is 5.82 Å². The average Bonchev–Trinajstić information content (AvgIpc) is 2.71. The van der Waals surface area contributed by atoms with E-state index in [2.05, 4.69) is 33.6 Å². The first-order chi connectivity index (χ1) is 6.31. The van der Waals surface area contributed by atoms with Gasteiger partial charge in [-0.05, 0) is 30.4 Å². The third kappa shape index (κ3) is 1.49. The van der Waals surface area contributed by atoms with Gasteiger partial charge in [0.05, 0.1) is 4.88 Å². The molecule has 0 spiro atoms. The van der Waals surface area contributed by atoms with Gasteiger partial charge >= 0.3 is 0 Å². The largest absolute Gasteiger partial charge is 0.263 e. The first kappa shape index (κ1) is 8.44. The Balaban J connectivity index is 2.45. The second kappa shape index (κ2) is 3.30. The van der Waals surface area contributed by atoms with E-state index in [-0.39, 0.29) is 0 Å². The molecular weight excluding hydrogens is 182 g/mol. The number of thiophene rings is 1. The normalized spacial score (nSPS) is 10.6. The second-order valence-corrected chi connectivity index (χ2v) is 3.79. The molecule has 0 radical (unpaired) electrons. The number of aromatic nitrogens is 3. The van der Waals surface area contributed by atoms with Gasteiger partial charge in [0, 0.05) is 0 Å². The molecule has 4 heteroatoms. The van der Waals surface area contributed by atoms with Crippen molar-refractivity contribution in [1.29, 1.82) is 0 Å². The summed E-state index contributed by atoms with van der Waals surface area (Å²) in [6.07, 6.45) is 1.03. The lowest BCUT2D eigenvalue weighted by atomic mass is 10.2. The number of nitrogens with one attached hydrogen (secondary N) is 1. The van der Waals surface area contributed by atoms with Crippen molar-refractivity contribution in [1.82, 2.24) is 15.2 Å². The topological polar surface area (TPSA) is 41.6 Å². The van der Waals surface area contributed by atoms with Crippen molar-refractivity contribution >= 4 is 11.3 Å². The number of rotatable bonds is 2. The van der Waals surface area contributed by atoms with Gasteiger partial charge in [-0.3, -0.25) is 5.10 Å². The van der Waals surface area contributed by atoms with Gasteiger partial charge in [-0.2, -0.15) is 5.10 Å². The fourth-order valence-electron chi connectivity index (χ4n) is 1.25. The molecular formula is C9H11N3S. The molecule has 2 aromatic heterocycles. The van der Waals surface area contributed by atoms with Gasteiger partial charge in [0.25, 0.3) is 0 Å². The molecule has 0 aromatic carbocycles. The van der Waals surface area contributed by atoms with Crippen LogP contribution in [-0.2, 0) is 6.42 Å². The number of H-pyrrole nitrogens is 1. The predicted molar refractivity (Wildman–Crippen MR) is 53.8 cm³/mol. The molecule has 2 rings (SSSR count). The Morgan fingerprint density at radius 3 is 3.00 bits per heavy atom. The summed E-state index contributed by atoms with van der Waals surface area (Å²) >= 11 is 1.70. The second-order valence-electron chi connectivity index (χ2n) is 2.87. The van der Waals surface area contributed by atoms with Gasteiger partial charge in [-0.25, -0.2) is 4.98 Å². The number of aryl methyl sites for hydroxylation is 2. The van der Waals surface area contributed by atoms with Crippen LogP contribution < -0.4 is 0 Å². The maximum absolute atomic E-state index is 4.31. The summed E-state index contributed by atoms with van der Waals surface area (Å²) in [7, 11) is 0. The molecule has 2 aromatic rings. The Morgan fingerprint density at radius 2 is 2.38 bits per heavy atom. The zero-order valence-corrected chi connectivity index (χ0v) is 8.48. The van der Waals surface area contributed by atoms with E-state index < -0.39 is 0 Å². The van der Waals surface area contributed by atoms with Crippen molar-refractivity contribution in [2.45, 2.75) is 20.3 Å². The Bertz CT molecular complexity index is 402. The van der Waals surface area contributed by atoms with E-state index in [0.717, 1.165) is 18.1 Å². The van der Waals surface area contributed by atoms with E-state index in [0.29, 0.717) is 0 Å². The lowest BCUT2D eigenvalue weighted by molar-refractivity contribution is 1.04. The van der Waals surface area contributed by atoms with E-state index in [1.807, 2.05) is 6.92 Å². The SMILES string of the molecule is CCc1ccsc1-c1n[nH]c(C)n1. The molecule has 3 nitrogen and oxygen atoms in total. The highest BCUT2D eigenvalue weighted by molar-refractivity contribution is 7.13. The molecule has 0 unspecified atom stereocenters. The molecule has 0 amide bonds. The highest BCUT2D eigenvalue weighted by atomic mass is 32.1. The molecule has 0 aliphatic rings. The maximum Gasteiger partial charge on any atom is 0.191 e. The van der Waals surface area contributed by atoms with E-state index in [1.165, 1.54) is 10.4 Å². The van der Waals surface area contributed by atoms with Crippen molar-refractivity contribution in [3.8, 4) is 10.7 Å². The molecule has 0 fully saturated rings. The number of hydrogen-bond acceptors (Lipinski definition) is 3. The fraction of sp³-hybridized carbons (Fsp3) is 0.333. The summed E-state index contributed by atoms with van der Waals surface area (Å²) in [5.74, 6) is 1.69. The summed E-state index contributed by atoms with van der Waals surface area (Å²) in [5.41, 5.74) is 1.32. The Labute approximate surface area is 80.8 Å². The van der Waals surface area contributed by atoms with Crippen LogP contribution in [0.15, 0.2) is 11.4 Å². The van der Waals surface area contributed by atoms with E-state index in [4.69, 9.17) is 0 Å². The highest BCUT2D eigenvalue weighted by Crippen LogP contribution is 2.26. The fourth-order valence-corrected chi connectivity index (χ4v) is 2.18. The molecule has 0 atom stereocenters. The molecule has 1 N–H and O–H groups in total. The lowest BCUT2D eigenvalue weighted by Gasteiger charge is -1.93. The molecule has 68 valence electrons. The van der Waals surface area contributed by atoms with Crippen LogP contribution in [0.4, 0.5) is 0 Å². The molecule has 0 aliphatic heterocycles. The van der Waals surface area contributed by atoms with Gasteiger partial charge in [0.2, 0.25) is 0 Å². The summed E-state index contributed by atoms with van der Waals surface area (Å²) < 4.78 is 0. The van der Waals surface area contributed by atoms with Crippen LogP contribution in [0.2, 0.25) is 0 Å². The molecule has 0 saturated carbocycles. The van der Waals surface area contributed by atoms with E-state index in [1.54, 1.807) is 11.3 Å². The quantitative estimate of drug-likeness (QED) is 0.795. The van der Waals surface area contributed by atoms with Gasteiger partial charge in [0.15, 0.2) is 5.82 Å². The lowest BCUT2D eigenvalue weighted by Crippen LogP contribution is -1.82. The van der Waals surface area contributed by atoms with Crippen molar-refractivity contribution in [2.24, 2.45) is 0 Å². The monoisotopic (exact) mass is 193 g/mol. The minimum absolute atomic E-state index is 0.823. The van der Waals surface area contributed by atoms with Crippen LogP contribution in [0, 0.1) is 6.92 Å². The number of aromatic amines is 1. The molecule has 0 saturated heterocycles. The zero-order chi connectivity index (χ0) is 9.26. The molecule has 13 heavy (non-hydrogen) atoms. The van der Waals surface area contributed by atoms with Gasteiger partial charge < -0.3 is 0 Å². The van der Waals surface area contributed by atoms with Crippen LogP contribution in [0.5, 0.6) is 0 Å². The molecule has 0 bridgehead atoms. The predicted octanol–water partition coefficient (Wildman–Crippen LogP) is 2.40. The summed E-state index contributed by atoms with van der Waals surface area (Å²) in [6.45, 7) is 4.06. The van der Waals surface area contributed by atoms with Crippen LogP contribution >= 0.6 is 11.3 Å². The van der Waals surface area contributed by atoms with E-state index >= 15 is 0 Å². The van der Waals surface area contributed by atoms with E-state index in [9.17, 15) is 0 Å². The molecule has 2 heterocycles. The van der Waals surface area contributed by atoms with Crippen molar-refractivity contribution in [3.63, 3.8) is 0 Å². The summed E-state index contributed by atoms with van der Waals surface area (Å²) in [5, 5.41) is 9.08. The molecule has 0 aliphatic carbocycles. The van der Waals surface area contributed by atoms with Crippen molar-refractivity contribution < 1.29 is 0 Å². The number of hydrogen-bond donors (Lipinski definition) is 1. The van der Waals surface area contributed by atoms with Crippen molar-refractivity contribution in [2.75, 3.05) is 0 Å².